The predicted octanol–water partition coefficient (Wildman–Crippen LogP) is 0.785. The molecule has 0 amide bonds. The minimum Gasteiger partial charge on any atom is -0.481 e. The molecule has 0 aliphatic carbocycles. The highest BCUT2D eigenvalue weighted by molar-refractivity contribution is 5.93. The Balaban J connectivity index is -0.000000125. The highest BCUT2D eigenvalue weighted by Gasteiger charge is 1.99. The number of hydrogen-bond acceptors (Lipinski definition) is 7. The summed E-state index contributed by atoms with van der Waals surface area (Å²) in [6.45, 7) is 7.98. The van der Waals surface area contributed by atoms with Crippen molar-refractivity contribution in [3.05, 3.63) is 0 Å². The molecule has 0 heterocycles. The standard InChI is InChI=1S/3C4H6O3.C4H10O/c3*1-3(5)2-4(6)7;1-4(2)3-5/h3*2H2,1H3,(H,6,7);4-5H,3H2,1-2H3. The van der Waals surface area contributed by atoms with Gasteiger partial charge in [0, 0.05) is 6.61 Å². The first-order valence-corrected chi connectivity index (χ1v) is 7.40. The van der Waals surface area contributed by atoms with Crippen molar-refractivity contribution in [1.82, 2.24) is 0 Å². The highest BCUT2D eigenvalue weighted by atomic mass is 16.4. The summed E-state index contributed by atoms with van der Waals surface area (Å²) in [5.41, 5.74) is 0. The van der Waals surface area contributed by atoms with E-state index in [4.69, 9.17) is 20.4 Å². The first-order valence-electron chi connectivity index (χ1n) is 7.40. The number of Topliss-reactive ketones (excluding diaryl/α,β-unsaturated/α-hetero) is 3. The van der Waals surface area contributed by atoms with Gasteiger partial charge in [0.1, 0.15) is 36.6 Å². The number of hydrogen-bond donors (Lipinski definition) is 4. The van der Waals surface area contributed by atoms with E-state index in [-0.39, 0.29) is 36.6 Å². The third kappa shape index (κ3) is 68.6. The van der Waals surface area contributed by atoms with Gasteiger partial charge in [0.25, 0.3) is 0 Å². The van der Waals surface area contributed by atoms with Crippen LogP contribution in [0.5, 0.6) is 0 Å². The SMILES string of the molecule is CC(=O)CC(=O)O.CC(=O)CC(=O)O.CC(=O)CC(=O)O.CC(C)CO. The van der Waals surface area contributed by atoms with Gasteiger partial charge in [-0.15, -0.1) is 0 Å². The predicted molar refractivity (Wildman–Crippen MR) is 90.7 cm³/mol. The molecule has 0 aromatic heterocycles. The van der Waals surface area contributed by atoms with Crippen LogP contribution in [0.15, 0.2) is 0 Å². The number of aliphatic carboxylic acids is 3. The summed E-state index contributed by atoms with van der Waals surface area (Å²) in [6, 6.07) is 0. The molecule has 0 aromatic rings. The minimum absolute atomic E-state index is 0.306. The van der Waals surface area contributed by atoms with E-state index in [0.29, 0.717) is 12.5 Å². The maximum absolute atomic E-state index is 9.87. The second-order valence-corrected chi connectivity index (χ2v) is 5.39. The van der Waals surface area contributed by atoms with Gasteiger partial charge in [-0.3, -0.25) is 28.8 Å². The van der Waals surface area contributed by atoms with Crippen LogP contribution in [-0.4, -0.2) is 62.3 Å². The molecule has 10 nitrogen and oxygen atoms in total. The van der Waals surface area contributed by atoms with Gasteiger partial charge in [-0.05, 0) is 26.7 Å². The maximum atomic E-state index is 9.87. The minimum atomic E-state index is -1.06. The Morgan fingerprint density at radius 2 is 0.769 bits per heavy atom. The number of carboxylic acids is 3. The van der Waals surface area contributed by atoms with E-state index < -0.39 is 17.9 Å². The smallest absolute Gasteiger partial charge is 0.310 e. The lowest BCUT2D eigenvalue weighted by Gasteiger charge is -1.90. The number of carbonyl (C=O) groups is 6. The highest BCUT2D eigenvalue weighted by Crippen LogP contribution is 1.83. The first-order chi connectivity index (χ1) is 11.6. The van der Waals surface area contributed by atoms with Crippen LogP contribution in [0.1, 0.15) is 53.9 Å². The zero-order chi connectivity index (χ0) is 21.9. The van der Waals surface area contributed by atoms with Gasteiger partial charge in [-0.1, -0.05) is 13.8 Å². The molecule has 0 fully saturated rings. The van der Waals surface area contributed by atoms with Crippen LogP contribution in [0.4, 0.5) is 0 Å². The first kappa shape index (κ1) is 31.2. The topological polar surface area (TPSA) is 183 Å². The van der Waals surface area contributed by atoms with Crippen LogP contribution in [0, 0.1) is 5.92 Å². The van der Waals surface area contributed by atoms with Crippen molar-refractivity contribution in [2.75, 3.05) is 6.61 Å². The van der Waals surface area contributed by atoms with Gasteiger partial charge >= 0.3 is 17.9 Å². The average molecular weight is 380 g/mol. The third-order valence-electron chi connectivity index (χ3n) is 1.57. The van der Waals surface area contributed by atoms with E-state index in [9.17, 15) is 28.8 Å². The third-order valence-corrected chi connectivity index (χ3v) is 1.57. The lowest BCUT2D eigenvalue weighted by Crippen LogP contribution is -2.00. The Morgan fingerprint density at radius 3 is 0.769 bits per heavy atom. The molecule has 0 aliphatic heterocycles. The number of carbonyl (C=O) groups excluding carboxylic acids is 3. The molecule has 0 spiro atoms. The van der Waals surface area contributed by atoms with E-state index >= 15 is 0 Å². The molecule has 0 saturated carbocycles. The monoisotopic (exact) mass is 380 g/mol. The largest absolute Gasteiger partial charge is 0.481 e. The molecule has 26 heavy (non-hydrogen) atoms. The van der Waals surface area contributed by atoms with Crippen LogP contribution >= 0.6 is 0 Å². The van der Waals surface area contributed by atoms with Gasteiger partial charge in [0.05, 0.1) is 0 Å². The quantitative estimate of drug-likeness (QED) is 0.460. The Labute approximate surface area is 151 Å². The normalized spacial score (nSPS) is 8.42. The lowest BCUT2D eigenvalue weighted by molar-refractivity contribution is -0.141. The summed E-state index contributed by atoms with van der Waals surface area (Å²) in [6.07, 6.45) is -1.08. The molecular weight excluding hydrogens is 352 g/mol. The summed E-state index contributed by atoms with van der Waals surface area (Å²) >= 11 is 0. The zero-order valence-electron chi connectivity index (χ0n) is 15.6. The molecular formula is C16H28O10. The second-order valence-electron chi connectivity index (χ2n) is 5.39. The van der Waals surface area contributed by atoms with Crippen LogP contribution < -0.4 is 0 Å². The van der Waals surface area contributed by atoms with E-state index in [1.54, 1.807) is 0 Å². The van der Waals surface area contributed by atoms with E-state index in [0.717, 1.165) is 0 Å². The molecule has 0 atom stereocenters. The van der Waals surface area contributed by atoms with E-state index in [1.807, 2.05) is 13.8 Å². The molecule has 0 rings (SSSR count). The van der Waals surface area contributed by atoms with Crippen molar-refractivity contribution in [2.24, 2.45) is 5.92 Å². The Morgan fingerprint density at radius 1 is 0.615 bits per heavy atom. The summed E-state index contributed by atoms with van der Waals surface area (Å²) < 4.78 is 0. The van der Waals surface area contributed by atoms with Crippen molar-refractivity contribution in [2.45, 2.75) is 53.9 Å². The Kier molecular flexibility index (Phi) is 24.5. The molecule has 0 saturated heterocycles. The molecule has 152 valence electrons. The van der Waals surface area contributed by atoms with Crippen molar-refractivity contribution >= 4 is 35.3 Å². The van der Waals surface area contributed by atoms with Gasteiger partial charge in [0.15, 0.2) is 0 Å². The molecule has 0 aromatic carbocycles. The summed E-state index contributed by atoms with van der Waals surface area (Å²) in [7, 11) is 0. The second kappa shape index (κ2) is 20.4. The Hall–Kier alpha value is -2.62. The number of rotatable bonds is 7. The fraction of sp³-hybridized carbons (Fsp3) is 0.625. The number of ketones is 3. The maximum Gasteiger partial charge on any atom is 0.310 e. The fourth-order valence-electron chi connectivity index (χ4n) is 0.639. The summed E-state index contributed by atoms with van der Waals surface area (Å²) in [4.78, 5) is 58.4. The van der Waals surface area contributed by atoms with E-state index in [2.05, 4.69) is 0 Å². The van der Waals surface area contributed by atoms with Crippen molar-refractivity contribution in [3.8, 4) is 0 Å². The van der Waals surface area contributed by atoms with Crippen molar-refractivity contribution in [1.29, 1.82) is 0 Å². The molecule has 10 heteroatoms. The van der Waals surface area contributed by atoms with Crippen molar-refractivity contribution in [3.63, 3.8) is 0 Å². The summed E-state index contributed by atoms with van der Waals surface area (Å²) in [5, 5.41) is 31.7. The molecule has 0 bridgehead atoms. The van der Waals surface area contributed by atoms with Crippen LogP contribution in [0.25, 0.3) is 0 Å². The molecule has 4 N–H and O–H groups in total. The molecule has 0 radical (unpaired) electrons. The fourth-order valence-corrected chi connectivity index (χ4v) is 0.639. The lowest BCUT2D eigenvalue weighted by atomic mass is 10.2. The molecule has 0 unspecified atom stereocenters. The van der Waals surface area contributed by atoms with Crippen LogP contribution in [0.3, 0.4) is 0 Å². The van der Waals surface area contributed by atoms with Gasteiger partial charge in [0.2, 0.25) is 0 Å². The van der Waals surface area contributed by atoms with Gasteiger partial charge in [-0.25, -0.2) is 0 Å². The average Bonchev–Trinajstić information content (AvgIpc) is 2.35. The van der Waals surface area contributed by atoms with Crippen molar-refractivity contribution < 1.29 is 49.2 Å². The van der Waals surface area contributed by atoms with Crippen LogP contribution in [-0.2, 0) is 28.8 Å². The summed E-state index contributed by atoms with van der Waals surface area (Å²) in [5.74, 6) is -3.69. The number of carboxylic acid groups (broad SMARTS) is 3. The van der Waals surface area contributed by atoms with Gasteiger partial charge < -0.3 is 20.4 Å². The van der Waals surface area contributed by atoms with Gasteiger partial charge in [-0.2, -0.15) is 0 Å². The molecule has 0 aliphatic rings. The Bertz CT molecular complexity index is 368. The van der Waals surface area contributed by atoms with E-state index in [1.165, 1.54) is 20.8 Å². The number of aliphatic hydroxyl groups excluding tert-OH is 1. The zero-order valence-corrected chi connectivity index (χ0v) is 15.6. The van der Waals surface area contributed by atoms with Crippen LogP contribution in [0.2, 0.25) is 0 Å². The number of aliphatic hydroxyl groups is 1.